The zero-order valence-corrected chi connectivity index (χ0v) is 18.3. The third-order valence-electron chi connectivity index (χ3n) is 5.13. The summed E-state index contributed by atoms with van der Waals surface area (Å²) in [7, 11) is 0. The van der Waals surface area contributed by atoms with E-state index in [0.717, 1.165) is 35.9 Å². The first-order valence-electron chi connectivity index (χ1n) is 9.57. The minimum absolute atomic E-state index is 0.0240. The van der Waals surface area contributed by atoms with Crippen LogP contribution in [-0.4, -0.2) is 10.1 Å². The van der Waals surface area contributed by atoms with Gasteiger partial charge in [-0.15, -0.1) is 0 Å². The van der Waals surface area contributed by atoms with Crippen molar-refractivity contribution in [3.63, 3.8) is 0 Å². The maximum absolute atomic E-state index is 6.09. The van der Waals surface area contributed by atoms with Crippen molar-refractivity contribution in [2.45, 2.75) is 104 Å². The molecule has 146 valence electrons. The Morgan fingerprint density at radius 2 is 1.35 bits per heavy atom. The minimum atomic E-state index is -0.0790. The summed E-state index contributed by atoms with van der Waals surface area (Å²) < 4.78 is 11.7. The van der Waals surface area contributed by atoms with Crippen molar-refractivity contribution in [2.75, 3.05) is 0 Å². The molecule has 4 nitrogen and oxygen atoms in total. The van der Waals surface area contributed by atoms with Gasteiger partial charge < -0.3 is 8.94 Å². The number of rotatable bonds is 5. The largest absolute Gasteiger partial charge is 0.445 e. The van der Waals surface area contributed by atoms with Crippen LogP contribution in [0.2, 0.25) is 0 Å². The van der Waals surface area contributed by atoms with Gasteiger partial charge in [0, 0.05) is 27.7 Å². The molecular formula is C22H36N2O2. The molecule has 0 spiro atoms. The first-order chi connectivity index (χ1) is 11.6. The van der Waals surface area contributed by atoms with Gasteiger partial charge >= 0.3 is 0 Å². The molecule has 0 amide bonds. The van der Waals surface area contributed by atoms with E-state index in [9.17, 15) is 0 Å². The zero-order valence-electron chi connectivity index (χ0n) is 18.3. The Hall–Kier alpha value is -1.58. The number of hydrogen-bond donors (Lipinski definition) is 0. The summed E-state index contributed by atoms with van der Waals surface area (Å²) >= 11 is 0. The average molecular weight is 361 g/mol. The van der Waals surface area contributed by atoms with Gasteiger partial charge in [-0.25, -0.2) is 4.98 Å². The van der Waals surface area contributed by atoms with Crippen LogP contribution in [0.1, 0.15) is 105 Å². The molecule has 2 aromatic heterocycles. The Morgan fingerprint density at radius 1 is 0.769 bits per heavy atom. The highest BCUT2D eigenvalue weighted by molar-refractivity contribution is 5.20. The number of aromatic nitrogens is 2. The van der Waals surface area contributed by atoms with Crippen molar-refractivity contribution in [1.82, 2.24) is 10.1 Å². The minimum Gasteiger partial charge on any atom is -0.445 e. The molecule has 26 heavy (non-hydrogen) atoms. The van der Waals surface area contributed by atoms with Crippen LogP contribution in [0, 0.1) is 0 Å². The van der Waals surface area contributed by atoms with Crippen LogP contribution in [0.5, 0.6) is 0 Å². The Labute approximate surface area is 158 Å². The Morgan fingerprint density at radius 3 is 1.81 bits per heavy atom. The van der Waals surface area contributed by atoms with Crippen LogP contribution in [0.3, 0.4) is 0 Å². The molecule has 0 N–H and O–H groups in total. The van der Waals surface area contributed by atoms with Gasteiger partial charge in [-0.1, -0.05) is 74.4 Å². The van der Waals surface area contributed by atoms with E-state index in [1.165, 1.54) is 0 Å². The highest BCUT2D eigenvalue weighted by Crippen LogP contribution is 2.38. The Balaban J connectivity index is 2.12. The molecule has 2 rings (SSSR count). The molecule has 0 aliphatic heterocycles. The quantitative estimate of drug-likeness (QED) is 0.628. The number of nitrogens with zero attached hydrogens (tertiary/aromatic N) is 2. The molecule has 0 fully saturated rings. The number of hydrogen-bond acceptors (Lipinski definition) is 4. The van der Waals surface area contributed by atoms with E-state index in [1.54, 1.807) is 0 Å². The second-order valence-corrected chi connectivity index (χ2v) is 10.9. The van der Waals surface area contributed by atoms with Gasteiger partial charge in [-0.05, 0) is 12.8 Å². The second kappa shape index (κ2) is 6.54. The Kier molecular flexibility index (Phi) is 5.22. The lowest BCUT2D eigenvalue weighted by Gasteiger charge is -2.28. The SMILES string of the molecule is CC(C)(C)c1cc(C(C)(C)CCC(C)(C)c2cnc(C(C)(C)C)o2)no1. The summed E-state index contributed by atoms with van der Waals surface area (Å²) in [6.07, 6.45) is 3.86. The lowest BCUT2D eigenvalue weighted by Crippen LogP contribution is -2.24. The van der Waals surface area contributed by atoms with Gasteiger partial charge in [-0.3, -0.25) is 0 Å². The molecule has 0 bridgehead atoms. The first kappa shape index (κ1) is 20.7. The van der Waals surface area contributed by atoms with Crippen LogP contribution in [0.25, 0.3) is 0 Å². The normalized spacial score (nSPS) is 14.1. The van der Waals surface area contributed by atoms with Gasteiger partial charge in [0.05, 0.1) is 11.9 Å². The lowest BCUT2D eigenvalue weighted by atomic mass is 9.76. The Bertz CT molecular complexity index is 673. The second-order valence-electron chi connectivity index (χ2n) is 10.9. The van der Waals surface area contributed by atoms with Crippen LogP contribution >= 0.6 is 0 Å². The van der Waals surface area contributed by atoms with E-state index >= 15 is 0 Å². The molecule has 0 saturated heterocycles. The molecule has 0 saturated carbocycles. The molecule has 0 unspecified atom stereocenters. The zero-order chi connectivity index (χ0) is 20.0. The van der Waals surface area contributed by atoms with Crippen molar-refractivity contribution in [1.29, 1.82) is 0 Å². The summed E-state index contributed by atoms with van der Waals surface area (Å²) in [5, 5.41) is 4.35. The molecule has 4 heteroatoms. The van der Waals surface area contributed by atoms with Gasteiger partial charge in [0.1, 0.15) is 11.5 Å². The highest BCUT2D eigenvalue weighted by atomic mass is 16.5. The third-order valence-corrected chi connectivity index (χ3v) is 5.13. The molecule has 0 radical (unpaired) electrons. The summed E-state index contributed by atoms with van der Waals surface area (Å²) in [6, 6.07) is 2.11. The summed E-state index contributed by atoms with van der Waals surface area (Å²) in [4.78, 5) is 4.49. The monoisotopic (exact) mass is 360 g/mol. The van der Waals surface area contributed by atoms with E-state index in [2.05, 4.69) is 85.4 Å². The van der Waals surface area contributed by atoms with E-state index in [0.29, 0.717) is 0 Å². The lowest BCUT2D eigenvalue weighted by molar-refractivity contribution is 0.284. The predicted octanol–water partition coefficient (Wildman–Crippen LogP) is 6.29. The highest BCUT2D eigenvalue weighted by Gasteiger charge is 2.33. The predicted molar refractivity (Wildman–Crippen MR) is 106 cm³/mol. The molecule has 0 aliphatic rings. The van der Waals surface area contributed by atoms with E-state index in [4.69, 9.17) is 8.94 Å². The molecular weight excluding hydrogens is 324 g/mol. The topological polar surface area (TPSA) is 52.1 Å². The maximum atomic E-state index is 6.09. The van der Waals surface area contributed by atoms with Crippen molar-refractivity contribution in [3.05, 3.63) is 35.4 Å². The van der Waals surface area contributed by atoms with E-state index in [-0.39, 0.29) is 21.7 Å². The average Bonchev–Trinajstić information content (AvgIpc) is 3.13. The van der Waals surface area contributed by atoms with Crippen molar-refractivity contribution in [3.8, 4) is 0 Å². The molecule has 0 aliphatic carbocycles. The van der Waals surface area contributed by atoms with E-state index in [1.807, 2.05) is 6.20 Å². The first-order valence-corrected chi connectivity index (χ1v) is 9.57. The molecule has 2 heterocycles. The van der Waals surface area contributed by atoms with Gasteiger partial charge in [0.2, 0.25) is 0 Å². The maximum Gasteiger partial charge on any atom is 0.199 e. The summed E-state index contributed by atoms with van der Waals surface area (Å²) in [5.74, 6) is 2.69. The van der Waals surface area contributed by atoms with Crippen LogP contribution in [-0.2, 0) is 21.7 Å². The summed E-state index contributed by atoms with van der Waals surface area (Å²) in [5.41, 5.74) is 0.786. The molecule has 0 atom stereocenters. The standard InChI is InChI=1S/C22H36N2O2/c1-19(2,3)16-13-15(24-26-16)21(7,8)11-12-22(9,10)17-14-23-18(25-17)20(4,5)6/h13-14H,11-12H2,1-10H3. The van der Waals surface area contributed by atoms with Crippen LogP contribution in [0.4, 0.5) is 0 Å². The van der Waals surface area contributed by atoms with Gasteiger partial charge in [0.15, 0.2) is 5.89 Å². The number of oxazole rings is 1. The fraction of sp³-hybridized carbons (Fsp3) is 0.727. The van der Waals surface area contributed by atoms with Crippen molar-refractivity contribution < 1.29 is 8.94 Å². The molecule has 0 aromatic carbocycles. The molecule has 2 aromatic rings. The van der Waals surface area contributed by atoms with E-state index < -0.39 is 0 Å². The smallest absolute Gasteiger partial charge is 0.199 e. The fourth-order valence-electron chi connectivity index (χ4n) is 2.76. The fourth-order valence-corrected chi connectivity index (χ4v) is 2.76. The van der Waals surface area contributed by atoms with Crippen LogP contribution < -0.4 is 0 Å². The van der Waals surface area contributed by atoms with Crippen molar-refractivity contribution >= 4 is 0 Å². The third kappa shape index (κ3) is 4.57. The van der Waals surface area contributed by atoms with Gasteiger partial charge in [-0.2, -0.15) is 0 Å². The van der Waals surface area contributed by atoms with Gasteiger partial charge in [0.25, 0.3) is 0 Å². The van der Waals surface area contributed by atoms with Crippen molar-refractivity contribution in [2.24, 2.45) is 0 Å². The summed E-state index contributed by atoms with van der Waals surface area (Å²) in [6.45, 7) is 21.7. The van der Waals surface area contributed by atoms with Crippen LogP contribution in [0.15, 0.2) is 21.2 Å².